The summed E-state index contributed by atoms with van der Waals surface area (Å²) in [6.45, 7) is 1.21. The number of amides is 1. The summed E-state index contributed by atoms with van der Waals surface area (Å²) in [6, 6.07) is 25.0. The molecule has 7 nitrogen and oxygen atoms in total. The van der Waals surface area contributed by atoms with Crippen LogP contribution in [0.5, 0.6) is 17.2 Å². The summed E-state index contributed by atoms with van der Waals surface area (Å²) in [5, 5.41) is 7.12. The van der Waals surface area contributed by atoms with E-state index in [4.69, 9.17) is 14.2 Å². The third-order valence-corrected chi connectivity index (χ3v) is 5.00. The standard InChI is InChI=1S/C25H21N3O4/c29-25(26-20-8-11-23-24(16-20)31-15-14-30-23)22-12-13-28(27-22)17-32-21-9-6-19(7-10-21)18-4-2-1-3-5-18/h1-13,16H,14-15,17H2,(H,26,29). The number of hydrogen-bond donors (Lipinski definition) is 1. The number of rotatable bonds is 6. The van der Waals surface area contributed by atoms with Crippen molar-refractivity contribution in [3.8, 4) is 28.4 Å². The lowest BCUT2D eigenvalue weighted by Crippen LogP contribution is -2.17. The van der Waals surface area contributed by atoms with Gasteiger partial charge in [-0.3, -0.25) is 4.79 Å². The van der Waals surface area contributed by atoms with Gasteiger partial charge in [-0.25, -0.2) is 4.68 Å². The minimum absolute atomic E-state index is 0.196. The van der Waals surface area contributed by atoms with Crippen LogP contribution in [0, 0.1) is 0 Å². The van der Waals surface area contributed by atoms with Crippen LogP contribution < -0.4 is 19.5 Å². The highest BCUT2D eigenvalue weighted by Crippen LogP contribution is 2.32. The molecule has 4 aromatic rings. The van der Waals surface area contributed by atoms with Gasteiger partial charge in [0.05, 0.1) is 0 Å². The molecule has 1 N–H and O–H groups in total. The highest BCUT2D eigenvalue weighted by molar-refractivity contribution is 6.02. The van der Waals surface area contributed by atoms with Crippen LogP contribution in [-0.4, -0.2) is 28.9 Å². The molecule has 1 aliphatic rings. The zero-order chi connectivity index (χ0) is 21.8. The first-order valence-corrected chi connectivity index (χ1v) is 10.3. The molecule has 0 fully saturated rings. The molecule has 0 aliphatic carbocycles. The summed E-state index contributed by atoms with van der Waals surface area (Å²) in [4.78, 5) is 12.5. The Balaban J connectivity index is 1.18. The van der Waals surface area contributed by atoms with Crippen molar-refractivity contribution in [2.75, 3.05) is 18.5 Å². The Kier molecular flexibility index (Phi) is 5.45. The number of aromatic nitrogens is 2. The van der Waals surface area contributed by atoms with Gasteiger partial charge in [0.1, 0.15) is 19.0 Å². The van der Waals surface area contributed by atoms with Crippen LogP contribution in [0.3, 0.4) is 0 Å². The van der Waals surface area contributed by atoms with E-state index in [9.17, 15) is 4.79 Å². The lowest BCUT2D eigenvalue weighted by molar-refractivity contribution is 0.102. The maximum atomic E-state index is 12.5. The van der Waals surface area contributed by atoms with E-state index in [-0.39, 0.29) is 12.6 Å². The monoisotopic (exact) mass is 427 g/mol. The van der Waals surface area contributed by atoms with Crippen molar-refractivity contribution in [2.45, 2.75) is 6.73 Å². The molecule has 0 spiro atoms. The predicted molar refractivity (Wildman–Crippen MR) is 120 cm³/mol. The molecule has 5 rings (SSSR count). The van der Waals surface area contributed by atoms with Gasteiger partial charge in [-0.05, 0) is 41.5 Å². The van der Waals surface area contributed by atoms with Crippen LogP contribution in [0.2, 0.25) is 0 Å². The van der Waals surface area contributed by atoms with Gasteiger partial charge in [0.25, 0.3) is 5.91 Å². The Bertz CT molecular complexity index is 1220. The Hall–Kier alpha value is -4.26. The molecule has 0 bridgehead atoms. The van der Waals surface area contributed by atoms with Gasteiger partial charge in [-0.1, -0.05) is 42.5 Å². The molecule has 1 aliphatic heterocycles. The average molecular weight is 427 g/mol. The zero-order valence-corrected chi connectivity index (χ0v) is 17.2. The fourth-order valence-corrected chi connectivity index (χ4v) is 3.39. The highest BCUT2D eigenvalue weighted by atomic mass is 16.6. The molecule has 160 valence electrons. The molecular weight excluding hydrogens is 406 g/mol. The van der Waals surface area contributed by atoms with Crippen LogP contribution in [0.4, 0.5) is 5.69 Å². The van der Waals surface area contributed by atoms with Gasteiger partial charge < -0.3 is 19.5 Å². The first-order valence-electron chi connectivity index (χ1n) is 10.3. The average Bonchev–Trinajstić information content (AvgIpc) is 3.33. The van der Waals surface area contributed by atoms with E-state index in [1.54, 1.807) is 35.1 Å². The minimum atomic E-state index is -0.312. The number of benzene rings is 3. The van der Waals surface area contributed by atoms with Gasteiger partial charge in [-0.15, -0.1) is 0 Å². The Morgan fingerprint density at radius 2 is 1.66 bits per heavy atom. The lowest BCUT2D eigenvalue weighted by Gasteiger charge is -2.18. The predicted octanol–water partition coefficient (Wildman–Crippen LogP) is 4.61. The second-order valence-corrected chi connectivity index (χ2v) is 7.22. The zero-order valence-electron chi connectivity index (χ0n) is 17.2. The molecule has 0 radical (unpaired) electrons. The molecule has 0 unspecified atom stereocenters. The number of carbonyl (C=O) groups is 1. The number of nitrogens with one attached hydrogen (secondary N) is 1. The molecule has 0 saturated carbocycles. The summed E-state index contributed by atoms with van der Waals surface area (Å²) in [5.41, 5.74) is 3.18. The summed E-state index contributed by atoms with van der Waals surface area (Å²) >= 11 is 0. The summed E-state index contributed by atoms with van der Waals surface area (Å²) in [7, 11) is 0. The number of nitrogens with zero attached hydrogens (tertiary/aromatic N) is 2. The fraction of sp³-hybridized carbons (Fsp3) is 0.120. The second kappa shape index (κ2) is 8.85. The first-order chi connectivity index (χ1) is 15.7. The largest absolute Gasteiger partial charge is 0.486 e. The van der Waals surface area contributed by atoms with Crippen LogP contribution in [0.15, 0.2) is 85.1 Å². The molecular formula is C25H21N3O4. The normalized spacial score (nSPS) is 12.2. The Morgan fingerprint density at radius 1 is 0.906 bits per heavy atom. The van der Waals surface area contributed by atoms with E-state index in [2.05, 4.69) is 22.5 Å². The first kappa shape index (κ1) is 19.7. The van der Waals surface area contributed by atoms with Crippen LogP contribution >= 0.6 is 0 Å². The fourth-order valence-electron chi connectivity index (χ4n) is 3.39. The number of ether oxygens (including phenoxy) is 3. The van der Waals surface area contributed by atoms with E-state index < -0.39 is 0 Å². The van der Waals surface area contributed by atoms with Crippen molar-refractivity contribution in [1.29, 1.82) is 0 Å². The van der Waals surface area contributed by atoms with Crippen molar-refractivity contribution in [3.05, 3.63) is 90.8 Å². The summed E-state index contributed by atoms with van der Waals surface area (Å²) < 4.78 is 18.4. The Morgan fingerprint density at radius 3 is 2.47 bits per heavy atom. The van der Waals surface area contributed by atoms with Crippen LogP contribution in [-0.2, 0) is 6.73 Å². The molecule has 3 aromatic carbocycles. The molecule has 0 atom stereocenters. The van der Waals surface area contributed by atoms with Crippen molar-refractivity contribution in [3.63, 3.8) is 0 Å². The van der Waals surface area contributed by atoms with Crippen LogP contribution in [0.1, 0.15) is 10.5 Å². The molecule has 1 amide bonds. The smallest absolute Gasteiger partial charge is 0.276 e. The quantitative estimate of drug-likeness (QED) is 0.486. The van der Waals surface area contributed by atoms with E-state index in [1.165, 1.54) is 0 Å². The number of carbonyl (C=O) groups excluding carboxylic acids is 1. The second-order valence-electron chi connectivity index (χ2n) is 7.22. The SMILES string of the molecule is O=C(Nc1ccc2c(c1)OCCO2)c1ccn(COc2ccc(-c3ccccc3)cc2)n1. The highest BCUT2D eigenvalue weighted by Gasteiger charge is 2.15. The molecule has 1 aromatic heterocycles. The van der Waals surface area contributed by atoms with E-state index in [1.807, 2.05) is 42.5 Å². The van der Waals surface area contributed by atoms with E-state index in [0.717, 1.165) is 16.9 Å². The van der Waals surface area contributed by atoms with Crippen molar-refractivity contribution in [1.82, 2.24) is 9.78 Å². The Labute approximate surface area is 185 Å². The van der Waals surface area contributed by atoms with Gasteiger partial charge in [0.15, 0.2) is 23.9 Å². The van der Waals surface area contributed by atoms with Gasteiger partial charge in [0.2, 0.25) is 0 Å². The van der Waals surface area contributed by atoms with Gasteiger partial charge in [-0.2, -0.15) is 5.10 Å². The van der Waals surface area contributed by atoms with Crippen molar-refractivity contribution >= 4 is 11.6 Å². The van der Waals surface area contributed by atoms with E-state index in [0.29, 0.717) is 36.1 Å². The number of anilines is 1. The van der Waals surface area contributed by atoms with E-state index >= 15 is 0 Å². The minimum Gasteiger partial charge on any atom is -0.486 e. The third kappa shape index (κ3) is 4.41. The summed E-state index contributed by atoms with van der Waals surface area (Å²) in [6.07, 6.45) is 1.71. The summed E-state index contributed by atoms with van der Waals surface area (Å²) in [5.74, 6) is 1.70. The topological polar surface area (TPSA) is 74.6 Å². The third-order valence-electron chi connectivity index (χ3n) is 5.00. The van der Waals surface area contributed by atoms with Crippen molar-refractivity contribution in [2.24, 2.45) is 0 Å². The van der Waals surface area contributed by atoms with Gasteiger partial charge >= 0.3 is 0 Å². The molecule has 32 heavy (non-hydrogen) atoms. The maximum absolute atomic E-state index is 12.5. The number of fused-ring (bicyclic) bond motifs is 1. The molecule has 7 heteroatoms. The van der Waals surface area contributed by atoms with Gasteiger partial charge in [0, 0.05) is 18.0 Å². The lowest BCUT2D eigenvalue weighted by atomic mass is 10.1. The molecule has 2 heterocycles. The maximum Gasteiger partial charge on any atom is 0.276 e. The van der Waals surface area contributed by atoms with Crippen molar-refractivity contribution < 1.29 is 19.0 Å². The van der Waals surface area contributed by atoms with Crippen LogP contribution in [0.25, 0.3) is 11.1 Å². The number of hydrogen-bond acceptors (Lipinski definition) is 5. The molecule has 0 saturated heterocycles.